The van der Waals surface area contributed by atoms with Gasteiger partial charge in [-0.2, -0.15) is 0 Å². The predicted octanol–water partition coefficient (Wildman–Crippen LogP) is -1.14. The highest BCUT2D eigenvalue weighted by Crippen LogP contribution is 2.23. The zero-order valence-corrected chi connectivity index (χ0v) is 16.1. The molecular formula is C18H18O14. The van der Waals surface area contributed by atoms with Crippen molar-refractivity contribution in [3.05, 3.63) is 24.3 Å². The van der Waals surface area contributed by atoms with Crippen LogP contribution >= 0.6 is 0 Å². The maximum atomic E-state index is 11.8. The summed E-state index contributed by atoms with van der Waals surface area (Å²) >= 11 is 0. The molecule has 0 spiro atoms. The lowest BCUT2D eigenvalue weighted by atomic mass is 9.96. The summed E-state index contributed by atoms with van der Waals surface area (Å²) < 4.78 is 9.56. The molecule has 1 aromatic carbocycles. The molecule has 174 valence electrons. The fourth-order valence-electron chi connectivity index (χ4n) is 2.32. The molecule has 0 saturated heterocycles. The first-order valence-corrected chi connectivity index (χ1v) is 8.53. The standard InChI is InChI=1S/C18H18O14/c19-11(20)5-17(29,15(25)26)7-13(23)31-9-1-2-10(4-3-9)32-14(24)8-18(30,16(27)28)6-12(21)22/h1-4,29-30H,5-8H2,(H,19,20)(H,21,22)(H,25,26)(H,27,28). The van der Waals surface area contributed by atoms with E-state index in [2.05, 4.69) is 0 Å². The summed E-state index contributed by atoms with van der Waals surface area (Å²) in [6.45, 7) is 0. The first kappa shape index (κ1) is 26.0. The number of hydrogen-bond acceptors (Lipinski definition) is 10. The average Bonchev–Trinajstić information content (AvgIpc) is 2.61. The molecule has 0 aliphatic rings. The van der Waals surface area contributed by atoms with Crippen LogP contribution in [0.3, 0.4) is 0 Å². The minimum atomic E-state index is -2.89. The molecule has 14 nitrogen and oxygen atoms in total. The molecule has 1 aromatic rings. The maximum Gasteiger partial charge on any atom is 0.336 e. The first-order valence-electron chi connectivity index (χ1n) is 8.53. The van der Waals surface area contributed by atoms with Gasteiger partial charge in [-0.15, -0.1) is 0 Å². The summed E-state index contributed by atoms with van der Waals surface area (Å²) in [5.41, 5.74) is -5.79. The molecule has 2 unspecified atom stereocenters. The lowest BCUT2D eigenvalue weighted by Crippen LogP contribution is -2.43. The maximum absolute atomic E-state index is 11.8. The van der Waals surface area contributed by atoms with Crippen LogP contribution in [0.5, 0.6) is 11.5 Å². The second kappa shape index (κ2) is 10.3. The van der Waals surface area contributed by atoms with Crippen LogP contribution in [0.1, 0.15) is 25.7 Å². The number of benzene rings is 1. The van der Waals surface area contributed by atoms with Gasteiger partial charge < -0.3 is 40.1 Å². The fraction of sp³-hybridized carbons (Fsp3) is 0.333. The quantitative estimate of drug-likeness (QED) is 0.160. The van der Waals surface area contributed by atoms with E-state index in [4.69, 9.17) is 29.9 Å². The van der Waals surface area contributed by atoms with Crippen molar-refractivity contribution in [2.45, 2.75) is 36.9 Å². The molecule has 1 rings (SSSR count). The smallest absolute Gasteiger partial charge is 0.336 e. The molecule has 0 radical (unpaired) electrons. The van der Waals surface area contributed by atoms with Crippen LogP contribution in [0.2, 0.25) is 0 Å². The predicted molar refractivity (Wildman–Crippen MR) is 96.6 cm³/mol. The monoisotopic (exact) mass is 458 g/mol. The summed E-state index contributed by atoms with van der Waals surface area (Å²) in [4.78, 5) is 67.1. The molecule has 0 amide bonds. The van der Waals surface area contributed by atoms with Gasteiger partial charge in [0, 0.05) is 0 Å². The number of hydrogen-bond donors (Lipinski definition) is 6. The highest BCUT2D eigenvalue weighted by Gasteiger charge is 2.42. The van der Waals surface area contributed by atoms with Crippen LogP contribution in [-0.4, -0.2) is 77.7 Å². The third-order valence-corrected chi connectivity index (χ3v) is 3.84. The zero-order chi connectivity index (χ0) is 24.7. The molecule has 6 N–H and O–H groups in total. The van der Waals surface area contributed by atoms with Crippen molar-refractivity contribution >= 4 is 35.8 Å². The number of aliphatic hydroxyl groups is 2. The number of aliphatic carboxylic acids is 4. The van der Waals surface area contributed by atoms with E-state index in [9.17, 15) is 39.0 Å². The second-order valence-corrected chi connectivity index (χ2v) is 6.59. The van der Waals surface area contributed by atoms with Crippen molar-refractivity contribution in [2.75, 3.05) is 0 Å². The molecule has 0 aliphatic heterocycles. The van der Waals surface area contributed by atoms with Gasteiger partial charge in [0.1, 0.15) is 11.5 Å². The summed E-state index contributed by atoms with van der Waals surface area (Å²) in [5.74, 6) is -10.2. The molecule has 0 saturated carbocycles. The van der Waals surface area contributed by atoms with E-state index in [1.165, 1.54) is 0 Å². The van der Waals surface area contributed by atoms with Crippen molar-refractivity contribution in [3.8, 4) is 11.5 Å². The van der Waals surface area contributed by atoms with Gasteiger partial charge in [0.15, 0.2) is 11.2 Å². The number of rotatable bonds is 12. The summed E-state index contributed by atoms with van der Waals surface area (Å²) in [7, 11) is 0. The van der Waals surface area contributed by atoms with Gasteiger partial charge in [-0.25, -0.2) is 9.59 Å². The molecule has 0 aromatic heterocycles. The topological polar surface area (TPSA) is 242 Å². The van der Waals surface area contributed by atoms with Gasteiger partial charge in [0.25, 0.3) is 0 Å². The fourth-order valence-corrected chi connectivity index (χ4v) is 2.32. The van der Waals surface area contributed by atoms with Crippen molar-refractivity contribution in [2.24, 2.45) is 0 Å². The second-order valence-electron chi connectivity index (χ2n) is 6.59. The van der Waals surface area contributed by atoms with Gasteiger partial charge in [-0.3, -0.25) is 19.2 Å². The third-order valence-electron chi connectivity index (χ3n) is 3.84. The van der Waals surface area contributed by atoms with Gasteiger partial charge in [0.05, 0.1) is 25.7 Å². The van der Waals surface area contributed by atoms with E-state index in [0.717, 1.165) is 24.3 Å². The van der Waals surface area contributed by atoms with Crippen LogP contribution < -0.4 is 9.47 Å². The Kier molecular flexibility index (Phi) is 8.38. The van der Waals surface area contributed by atoms with Crippen LogP contribution in [0.4, 0.5) is 0 Å². The summed E-state index contributed by atoms with van der Waals surface area (Å²) in [6.07, 6.45) is -4.86. The highest BCUT2D eigenvalue weighted by atomic mass is 16.5. The van der Waals surface area contributed by atoms with E-state index in [-0.39, 0.29) is 11.5 Å². The molecular weight excluding hydrogens is 440 g/mol. The first-order chi connectivity index (χ1) is 14.7. The van der Waals surface area contributed by atoms with Gasteiger partial charge in [-0.1, -0.05) is 0 Å². The number of ether oxygens (including phenoxy) is 2. The Bertz CT molecular complexity index is 845. The van der Waals surface area contributed by atoms with Crippen LogP contribution in [-0.2, 0) is 28.8 Å². The largest absolute Gasteiger partial charge is 0.481 e. The lowest BCUT2D eigenvalue weighted by molar-refractivity contribution is -0.169. The van der Waals surface area contributed by atoms with Crippen molar-refractivity contribution in [3.63, 3.8) is 0 Å². The van der Waals surface area contributed by atoms with E-state index in [0.29, 0.717) is 0 Å². The van der Waals surface area contributed by atoms with Gasteiger partial charge in [0.2, 0.25) is 0 Å². The van der Waals surface area contributed by atoms with E-state index in [1.807, 2.05) is 0 Å². The number of carbonyl (C=O) groups excluding carboxylic acids is 2. The summed E-state index contributed by atoms with van der Waals surface area (Å²) in [5, 5.41) is 54.8. The number of carboxylic acids is 4. The number of carboxylic acid groups (broad SMARTS) is 4. The zero-order valence-electron chi connectivity index (χ0n) is 16.1. The Morgan fingerprint density at radius 2 is 0.875 bits per heavy atom. The molecule has 32 heavy (non-hydrogen) atoms. The summed E-state index contributed by atoms with van der Waals surface area (Å²) in [6, 6.07) is 4.27. The van der Waals surface area contributed by atoms with Crippen LogP contribution in [0.15, 0.2) is 24.3 Å². The van der Waals surface area contributed by atoms with Crippen molar-refractivity contribution < 1.29 is 68.9 Å². The lowest BCUT2D eigenvalue weighted by Gasteiger charge is -2.20. The Morgan fingerprint density at radius 3 is 1.09 bits per heavy atom. The molecule has 14 heteroatoms. The van der Waals surface area contributed by atoms with E-state index >= 15 is 0 Å². The number of esters is 2. The minimum Gasteiger partial charge on any atom is -0.481 e. The number of carbonyl (C=O) groups is 6. The van der Waals surface area contributed by atoms with Crippen molar-refractivity contribution in [1.29, 1.82) is 0 Å². The van der Waals surface area contributed by atoms with Crippen molar-refractivity contribution in [1.82, 2.24) is 0 Å². The van der Waals surface area contributed by atoms with E-state index in [1.54, 1.807) is 0 Å². The molecule has 2 atom stereocenters. The Balaban J connectivity index is 2.77. The Labute approximate surface area is 178 Å². The Morgan fingerprint density at radius 1 is 0.594 bits per heavy atom. The van der Waals surface area contributed by atoms with E-state index < -0.39 is 72.7 Å². The molecule has 0 bridgehead atoms. The van der Waals surface area contributed by atoms with Crippen LogP contribution in [0.25, 0.3) is 0 Å². The molecule has 0 fully saturated rings. The molecule has 0 heterocycles. The molecule has 0 aliphatic carbocycles. The Hall–Kier alpha value is -4.04. The van der Waals surface area contributed by atoms with Gasteiger partial charge >= 0.3 is 35.8 Å². The third kappa shape index (κ3) is 7.66. The van der Waals surface area contributed by atoms with Gasteiger partial charge in [-0.05, 0) is 24.3 Å². The SMILES string of the molecule is O=C(O)CC(O)(CC(=O)Oc1ccc(OC(=O)CC(O)(CC(=O)O)C(=O)O)cc1)C(=O)O. The highest BCUT2D eigenvalue weighted by molar-refractivity contribution is 5.90. The average molecular weight is 458 g/mol. The minimum absolute atomic E-state index is 0.203. The van der Waals surface area contributed by atoms with Crippen LogP contribution in [0, 0.1) is 0 Å². The normalized spacial score (nSPS) is 14.3.